The maximum Gasteiger partial charge on any atom is 0.0695 e. The van der Waals surface area contributed by atoms with Gasteiger partial charge in [-0.2, -0.15) is 0 Å². The van der Waals surface area contributed by atoms with E-state index in [1.807, 2.05) is 0 Å². The number of aliphatic hydroxyl groups excluding tert-OH is 1. The van der Waals surface area contributed by atoms with Crippen LogP contribution in [0.5, 0.6) is 0 Å². The van der Waals surface area contributed by atoms with Crippen LogP contribution in [0.25, 0.3) is 0 Å². The van der Waals surface area contributed by atoms with E-state index in [1.165, 1.54) is 57.8 Å². The van der Waals surface area contributed by atoms with Crippen LogP contribution in [0.2, 0.25) is 0 Å². The quantitative estimate of drug-likeness (QED) is 0.739. The molecule has 0 amide bonds. The van der Waals surface area contributed by atoms with Crippen molar-refractivity contribution in [3.8, 4) is 0 Å². The molecule has 0 bridgehead atoms. The zero-order valence-electron chi connectivity index (χ0n) is 14.2. The molecule has 2 fully saturated rings. The molecule has 0 aromatic heterocycles. The summed E-state index contributed by atoms with van der Waals surface area (Å²) in [6.07, 6.45) is 12.8. The SMILES string of the molecule is CCNCC1(CN(C)C2CCCCC2O)CCCCCC1. The van der Waals surface area contributed by atoms with Gasteiger partial charge in [0.05, 0.1) is 6.10 Å². The Morgan fingerprint density at radius 3 is 2.33 bits per heavy atom. The molecule has 3 nitrogen and oxygen atoms in total. The number of hydrogen-bond acceptors (Lipinski definition) is 3. The van der Waals surface area contributed by atoms with Gasteiger partial charge in [-0.1, -0.05) is 45.4 Å². The molecule has 0 aromatic rings. The number of likely N-dealkylation sites (N-methyl/N-ethyl adjacent to an activating group) is 1. The first-order valence-corrected chi connectivity index (χ1v) is 9.26. The first-order chi connectivity index (χ1) is 10.2. The average Bonchev–Trinajstić information content (AvgIpc) is 2.71. The predicted molar refractivity (Wildman–Crippen MR) is 89.6 cm³/mol. The summed E-state index contributed by atoms with van der Waals surface area (Å²) in [7, 11) is 2.25. The molecule has 0 aliphatic heterocycles. The summed E-state index contributed by atoms with van der Waals surface area (Å²) >= 11 is 0. The molecule has 2 aliphatic rings. The lowest BCUT2D eigenvalue weighted by Crippen LogP contribution is -2.50. The molecule has 2 rings (SSSR count). The third kappa shape index (κ3) is 4.94. The Labute approximate surface area is 131 Å². The topological polar surface area (TPSA) is 35.5 Å². The summed E-state index contributed by atoms with van der Waals surface area (Å²) in [6.45, 7) is 5.58. The van der Waals surface area contributed by atoms with Crippen LogP contribution >= 0.6 is 0 Å². The molecule has 2 unspecified atom stereocenters. The molecule has 2 N–H and O–H groups in total. The summed E-state index contributed by atoms with van der Waals surface area (Å²) in [5.74, 6) is 0. The van der Waals surface area contributed by atoms with Crippen molar-refractivity contribution in [1.82, 2.24) is 10.2 Å². The van der Waals surface area contributed by atoms with Gasteiger partial charge in [0.2, 0.25) is 0 Å². The van der Waals surface area contributed by atoms with Crippen LogP contribution < -0.4 is 5.32 Å². The molecule has 0 heterocycles. The highest BCUT2D eigenvalue weighted by atomic mass is 16.3. The van der Waals surface area contributed by atoms with Crippen LogP contribution in [0.15, 0.2) is 0 Å². The molecule has 21 heavy (non-hydrogen) atoms. The van der Waals surface area contributed by atoms with E-state index in [-0.39, 0.29) is 6.10 Å². The van der Waals surface area contributed by atoms with Crippen molar-refractivity contribution in [2.24, 2.45) is 5.41 Å². The van der Waals surface area contributed by atoms with Crippen molar-refractivity contribution < 1.29 is 5.11 Å². The zero-order valence-corrected chi connectivity index (χ0v) is 14.2. The summed E-state index contributed by atoms with van der Waals surface area (Å²) in [5, 5.41) is 13.9. The molecule has 0 aromatic carbocycles. The van der Waals surface area contributed by atoms with Gasteiger partial charge in [-0.3, -0.25) is 0 Å². The standard InChI is InChI=1S/C18H36N2O/c1-3-19-14-18(12-8-4-5-9-13-18)15-20(2)16-10-6-7-11-17(16)21/h16-17,19,21H,3-15H2,1-2H3. The number of nitrogens with zero attached hydrogens (tertiary/aromatic N) is 1. The number of rotatable bonds is 6. The first-order valence-electron chi connectivity index (χ1n) is 9.26. The number of aliphatic hydroxyl groups is 1. The minimum absolute atomic E-state index is 0.106. The van der Waals surface area contributed by atoms with Crippen molar-refractivity contribution >= 4 is 0 Å². The van der Waals surface area contributed by atoms with E-state index < -0.39 is 0 Å². The lowest BCUT2D eigenvalue weighted by molar-refractivity contribution is 0.00885. The first kappa shape index (κ1) is 17.2. The van der Waals surface area contributed by atoms with Crippen LogP contribution in [0.1, 0.15) is 71.1 Å². The lowest BCUT2D eigenvalue weighted by atomic mass is 9.78. The highest BCUT2D eigenvalue weighted by molar-refractivity contribution is 4.90. The van der Waals surface area contributed by atoms with Crippen LogP contribution in [-0.2, 0) is 0 Å². The molecule has 124 valence electrons. The van der Waals surface area contributed by atoms with Gasteiger partial charge in [-0.15, -0.1) is 0 Å². The van der Waals surface area contributed by atoms with Gasteiger partial charge in [0.1, 0.15) is 0 Å². The van der Waals surface area contributed by atoms with Crippen molar-refractivity contribution in [2.75, 3.05) is 26.7 Å². The van der Waals surface area contributed by atoms with E-state index >= 15 is 0 Å². The Kier molecular flexibility index (Phi) is 6.97. The van der Waals surface area contributed by atoms with Gasteiger partial charge < -0.3 is 15.3 Å². The van der Waals surface area contributed by atoms with Crippen molar-refractivity contribution in [2.45, 2.75) is 83.3 Å². The Hall–Kier alpha value is -0.120. The Morgan fingerprint density at radius 2 is 1.71 bits per heavy atom. The average molecular weight is 296 g/mol. The number of nitrogens with one attached hydrogen (secondary N) is 1. The third-order valence-corrected chi connectivity index (χ3v) is 5.76. The fourth-order valence-corrected chi connectivity index (χ4v) is 4.51. The minimum Gasteiger partial charge on any atom is -0.391 e. The molecule has 2 atom stereocenters. The highest BCUT2D eigenvalue weighted by Crippen LogP contribution is 2.36. The van der Waals surface area contributed by atoms with Crippen LogP contribution in [0.3, 0.4) is 0 Å². The Bertz CT molecular complexity index is 287. The molecular formula is C18H36N2O. The molecule has 0 radical (unpaired) electrons. The van der Waals surface area contributed by atoms with Gasteiger partial charge in [0.15, 0.2) is 0 Å². The maximum atomic E-state index is 10.3. The van der Waals surface area contributed by atoms with E-state index in [0.717, 1.165) is 26.1 Å². The lowest BCUT2D eigenvalue weighted by Gasteiger charge is -2.42. The molecule has 0 spiro atoms. The second-order valence-electron chi connectivity index (χ2n) is 7.53. The normalized spacial score (nSPS) is 30.3. The third-order valence-electron chi connectivity index (χ3n) is 5.76. The van der Waals surface area contributed by atoms with Crippen molar-refractivity contribution in [3.63, 3.8) is 0 Å². The van der Waals surface area contributed by atoms with E-state index in [9.17, 15) is 5.11 Å². The molecule has 2 aliphatic carbocycles. The van der Waals surface area contributed by atoms with Gasteiger partial charge in [0.25, 0.3) is 0 Å². The van der Waals surface area contributed by atoms with E-state index in [4.69, 9.17) is 0 Å². The van der Waals surface area contributed by atoms with Crippen molar-refractivity contribution in [1.29, 1.82) is 0 Å². The smallest absolute Gasteiger partial charge is 0.0695 e. The fraction of sp³-hybridized carbons (Fsp3) is 1.00. The van der Waals surface area contributed by atoms with Gasteiger partial charge in [0, 0.05) is 19.1 Å². The van der Waals surface area contributed by atoms with E-state index in [1.54, 1.807) is 0 Å². The van der Waals surface area contributed by atoms with Crippen LogP contribution in [0.4, 0.5) is 0 Å². The fourth-order valence-electron chi connectivity index (χ4n) is 4.51. The van der Waals surface area contributed by atoms with E-state index in [2.05, 4.69) is 24.2 Å². The molecular weight excluding hydrogens is 260 g/mol. The molecule has 0 saturated heterocycles. The number of hydrogen-bond donors (Lipinski definition) is 2. The summed E-state index contributed by atoms with van der Waals surface area (Å²) in [4.78, 5) is 2.49. The van der Waals surface area contributed by atoms with Gasteiger partial charge >= 0.3 is 0 Å². The molecule has 3 heteroatoms. The van der Waals surface area contributed by atoms with Gasteiger partial charge in [-0.05, 0) is 44.7 Å². The predicted octanol–water partition coefficient (Wildman–Crippen LogP) is 3.17. The summed E-state index contributed by atoms with van der Waals surface area (Å²) in [6, 6.07) is 0.389. The van der Waals surface area contributed by atoms with Crippen LogP contribution in [0, 0.1) is 5.41 Å². The van der Waals surface area contributed by atoms with Gasteiger partial charge in [-0.25, -0.2) is 0 Å². The molecule has 2 saturated carbocycles. The summed E-state index contributed by atoms with van der Waals surface area (Å²) in [5.41, 5.74) is 0.429. The van der Waals surface area contributed by atoms with E-state index in [0.29, 0.717) is 11.5 Å². The Morgan fingerprint density at radius 1 is 1.05 bits per heavy atom. The monoisotopic (exact) mass is 296 g/mol. The second-order valence-corrected chi connectivity index (χ2v) is 7.53. The summed E-state index contributed by atoms with van der Waals surface area (Å²) < 4.78 is 0. The van der Waals surface area contributed by atoms with Crippen molar-refractivity contribution in [3.05, 3.63) is 0 Å². The van der Waals surface area contributed by atoms with Crippen LogP contribution in [-0.4, -0.2) is 48.8 Å². The largest absolute Gasteiger partial charge is 0.391 e. The zero-order chi connectivity index (χ0) is 15.1. The second kappa shape index (κ2) is 8.50. The maximum absolute atomic E-state index is 10.3. The minimum atomic E-state index is -0.106. The Balaban J connectivity index is 1.98. The highest BCUT2D eigenvalue weighted by Gasteiger charge is 2.35.